The van der Waals surface area contributed by atoms with Crippen LogP contribution >= 0.6 is 0 Å². The molecular weight excluding hydrogens is 372 g/mol. The van der Waals surface area contributed by atoms with Crippen LogP contribution in [0.4, 0.5) is 0 Å². The minimum absolute atomic E-state index is 0.115. The van der Waals surface area contributed by atoms with Crippen molar-refractivity contribution in [1.29, 1.82) is 0 Å². The van der Waals surface area contributed by atoms with Crippen molar-refractivity contribution >= 4 is 5.97 Å². The zero-order valence-corrected chi connectivity index (χ0v) is 15.9. The molecule has 0 fully saturated rings. The molecule has 29 heavy (non-hydrogen) atoms. The predicted octanol–water partition coefficient (Wildman–Crippen LogP) is 3.60. The van der Waals surface area contributed by atoms with Gasteiger partial charge < -0.3 is 14.0 Å². The summed E-state index contributed by atoms with van der Waals surface area (Å²) in [7, 11) is 1.59. The molecule has 0 amide bonds. The first-order valence-corrected chi connectivity index (χ1v) is 8.89. The second-order valence-electron chi connectivity index (χ2n) is 6.25. The maximum Gasteiger partial charge on any atom is 0.338 e. The summed E-state index contributed by atoms with van der Waals surface area (Å²) >= 11 is 0. The molecule has 0 aliphatic carbocycles. The lowest BCUT2D eigenvalue weighted by Crippen LogP contribution is -2.06. The van der Waals surface area contributed by atoms with E-state index >= 15 is 0 Å². The second-order valence-corrected chi connectivity index (χ2v) is 6.25. The quantitative estimate of drug-likeness (QED) is 0.465. The first-order valence-electron chi connectivity index (χ1n) is 8.89. The number of ether oxygens (including phenoxy) is 2. The largest absolute Gasteiger partial charge is 0.497 e. The van der Waals surface area contributed by atoms with E-state index in [1.165, 1.54) is 0 Å². The highest BCUT2D eigenvalue weighted by Crippen LogP contribution is 2.21. The number of hydrogen-bond acceptors (Lipinski definition) is 7. The molecule has 2 aromatic heterocycles. The van der Waals surface area contributed by atoms with Gasteiger partial charge in [-0.05, 0) is 49.4 Å². The first kappa shape index (κ1) is 18.4. The molecule has 146 valence electrons. The average molecular weight is 390 g/mol. The monoisotopic (exact) mass is 390 g/mol. The van der Waals surface area contributed by atoms with E-state index in [1.54, 1.807) is 36.2 Å². The van der Waals surface area contributed by atoms with E-state index in [1.807, 2.05) is 43.3 Å². The Hall–Kier alpha value is -3.94. The molecule has 2 heterocycles. The number of aryl methyl sites for hydroxylation is 1. The van der Waals surface area contributed by atoms with Crippen LogP contribution in [0.3, 0.4) is 0 Å². The molecule has 0 atom stereocenters. The molecule has 4 rings (SSSR count). The Kier molecular flexibility index (Phi) is 5.07. The number of esters is 1. The van der Waals surface area contributed by atoms with Gasteiger partial charge in [0.05, 0.1) is 18.4 Å². The SMILES string of the molecule is COc1cccc(-c2noc(COC(=O)c3ccc(-n4nccc4C)cc3)n2)c1. The van der Waals surface area contributed by atoms with E-state index < -0.39 is 5.97 Å². The zero-order chi connectivity index (χ0) is 20.2. The molecule has 4 aromatic rings. The van der Waals surface area contributed by atoms with Crippen LogP contribution in [0.5, 0.6) is 5.75 Å². The van der Waals surface area contributed by atoms with Crippen molar-refractivity contribution in [2.24, 2.45) is 0 Å². The molecule has 0 bridgehead atoms. The Morgan fingerprint density at radius 2 is 1.97 bits per heavy atom. The van der Waals surface area contributed by atoms with Crippen LogP contribution in [0.15, 0.2) is 65.3 Å². The lowest BCUT2D eigenvalue weighted by atomic mass is 10.2. The Morgan fingerprint density at radius 3 is 2.69 bits per heavy atom. The molecule has 0 saturated carbocycles. The van der Waals surface area contributed by atoms with E-state index in [-0.39, 0.29) is 12.5 Å². The Morgan fingerprint density at radius 1 is 1.14 bits per heavy atom. The van der Waals surface area contributed by atoms with Gasteiger partial charge in [-0.15, -0.1) is 0 Å². The summed E-state index contributed by atoms with van der Waals surface area (Å²) in [6.07, 6.45) is 1.72. The molecule has 2 aromatic carbocycles. The van der Waals surface area contributed by atoms with Gasteiger partial charge >= 0.3 is 5.97 Å². The van der Waals surface area contributed by atoms with E-state index in [4.69, 9.17) is 14.0 Å². The summed E-state index contributed by atoms with van der Waals surface area (Å²) in [6.45, 7) is 1.84. The van der Waals surface area contributed by atoms with Gasteiger partial charge in [0.15, 0.2) is 6.61 Å². The van der Waals surface area contributed by atoms with Crippen LogP contribution < -0.4 is 4.74 Å². The Bertz CT molecular complexity index is 1130. The first-order chi connectivity index (χ1) is 14.1. The average Bonchev–Trinajstić information content (AvgIpc) is 3.41. The second kappa shape index (κ2) is 7.97. The molecule has 0 aliphatic heterocycles. The van der Waals surface area contributed by atoms with Crippen LogP contribution in [0.2, 0.25) is 0 Å². The number of nitrogens with zero attached hydrogens (tertiary/aromatic N) is 4. The van der Waals surface area contributed by atoms with Crippen LogP contribution in [0, 0.1) is 6.92 Å². The number of aromatic nitrogens is 4. The standard InChI is InChI=1S/C21H18N4O4/c1-14-10-11-22-25(14)17-8-6-15(7-9-17)21(26)28-13-19-23-20(24-29-19)16-4-3-5-18(12-16)27-2/h3-12H,13H2,1-2H3. The predicted molar refractivity (Wildman–Crippen MR) is 104 cm³/mol. The van der Waals surface area contributed by atoms with Crippen LogP contribution in [0.1, 0.15) is 21.9 Å². The van der Waals surface area contributed by atoms with Crippen LogP contribution in [0.25, 0.3) is 17.1 Å². The van der Waals surface area contributed by atoms with Crippen molar-refractivity contribution in [3.05, 3.63) is 77.9 Å². The number of carbonyl (C=O) groups is 1. The summed E-state index contributed by atoms with van der Waals surface area (Å²) in [5.41, 5.74) is 3.04. The molecule has 0 spiro atoms. The summed E-state index contributed by atoms with van der Waals surface area (Å²) in [4.78, 5) is 16.5. The van der Waals surface area contributed by atoms with Crippen molar-refractivity contribution in [2.75, 3.05) is 7.11 Å². The maximum absolute atomic E-state index is 12.3. The van der Waals surface area contributed by atoms with E-state index in [0.717, 1.165) is 16.9 Å². The number of rotatable bonds is 6. The molecule has 0 unspecified atom stereocenters. The number of hydrogen-bond donors (Lipinski definition) is 0. The molecule has 8 nitrogen and oxygen atoms in total. The van der Waals surface area contributed by atoms with Crippen LogP contribution in [-0.4, -0.2) is 33.0 Å². The summed E-state index contributed by atoms with van der Waals surface area (Å²) in [6, 6.07) is 16.2. The third kappa shape index (κ3) is 4.01. The van der Waals surface area contributed by atoms with Gasteiger partial charge in [0, 0.05) is 17.5 Å². The van der Waals surface area contributed by atoms with Crippen molar-refractivity contribution in [3.63, 3.8) is 0 Å². The third-order valence-electron chi connectivity index (χ3n) is 4.30. The maximum atomic E-state index is 12.3. The molecule has 0 N–H and O–H groups in total. The van der Waals surface area contributed by atoms with Gasteiger partial charge in [-0.3, -0.25) is 0 Å². The Balaban J connectivity index is 1.40. The Labute approximate surface area is 166 Å². The smallest absolute Gasteiger partial charge is 0.338 e. The molecule has 8 heteroatoms. The minimum Gasteiger partial charge on any atom is -0.497 e. The highest BCUT2D eigenvalue weighted by molar-refractivity contribution is 5.89. The summed E-state index contributed by atoms with van der Waals surface area (Å²) < 4.78 is 17.4. The van der Waals surface area contributed by atoms with Crippen molar-refractivity contribution < 1.29 is 18.8 Å². The van der Waals surface area contributed by atoms with Crippen LogP contribution in [-0.2, 0) is 11.3 Å². The van der Waals surface area contributed by atoms with Gasteiger partial charge in [0.25, 0.3) is 5.89 Å². The lowest BCUT2D eigenvalue weighted by Gasteiger charge is -2.06. The highest BCUT2D eigenvalue weighted by atomic mass is 16.6. The normalized spacial score (nSPS) is 10.7. The number of methoxy groups -OCH3 is 1. The number of carbonyl (C=O) groups excluding carboxylic acids is 1. The molecular formula is C21H18N4O4. The van der Waals surface area contributed by atoms with Gasteiger partial charge in [-0.2, -0.15) is 10.1 Å². The van der Waals surface area contributed by atoms with E-state index in [2.05, 4.69) is 15.2 Å². The minimum atomic E-state index is -0.477. The fourth-order valence-electron chi connectivity index (χ4n) is 2.78. The molecule has 0 saturated heterocycles. The van der Waals surface area contributed by atoms with Crippen molar-refractivity contribution in [3.8, 4) is 22.8 Å². The van der Waals surface area contributed by atoms with Gasteiger partial charge in [0.1, 0.15) is 5.75 Å². The van der Waals surface area contributed by atoms with Gasteiger partial charge in [-0.1, -0.05) is 17.3 Å². The zero-order valence-electron chi connectivity index (χ0n) is 15.9. The highest BCUT2D eigenvalue weighted by Gasteiger charge is 2.13. The third-order valence-corrected chi connectivity index (χ3v) is 4.30. The number of benzene rings is 2. The lowest BCUT2D eigenvalue weighted by molar-refractivity contribution is 0.0430. The molecule has 0 radical (unpaired) electrons. The van der Waals surface area contributed by atoms with Crippen molar-refractivity contribution in [2.45, 2.75) is 13.5 Å². The topological polar surface area (TPSA) is 92.3 Å². The van der Waals surface area contributed by atoms with E-state index in [0.29, 0.717) is 17.1 Å². The van der Waals surface area contributed by atoms with E-state index in [9.17, 15) is 4.79 Å². The fraction of sp³-hybridized carbons (Fsp3) is 0.143. The molecule has 0 aliphatic rings. The summed E-state index contributed by atoms with van der Waals surface area (Å²) in [5, 5.41) is 8.16. The van der Waals surface area contributed by atoms with Crippen molar-refractivity contribution in [1.82, 2.24) is 19.9 Å². The van der Waals surface area contributed by atoms with Gasteiger partial charge in [-0.25, -0.2) is 9.48 Å². The van der Waals surface area contributed by atoms with Gasteiger partial charge in [0.2, 0.25) is 5.82 Å². The fourth-order valence-corrected chi connectivity index (χ4v) is 2.78. The summed E-state index contributed by atoms with van der Waals surface area (Å²) in [5.74, 6) is 0.817.